The molecule has 0 bridgehead atoms. The van der Waals surface area contributed by atoms with Crippen LogP contribution in [0.3, 0.4) is 0 Å². The van der Waals surface area contributed by atoms with Crippen molar-refractivity contribution in [1.29, 1.82) is 0 Å². The van der Waals surface area contributed by atoms with Crippen molar-refractivity contribution in [2.75, 3.05) is 13.7 Å². The van der Waals surface area contributed by atoms with Gasteiger partial charge >= 0.3 is 11.9 Å². The molecule has 2 aliphatic heterocycles. The highest BCUT2D eigenvalue weighted by Crippen LogP contribution is 2.42. The summed E-state index contributed by atoms with van der Waals surface area (Å²) in [7, 11) is 1.36. The fourth-order valence-electron chi connectivity index (χ4n) is 10.5. The minimum absolute atomic E-state index is 0.155. The van der Waals surface area contributed by atoms with E-state index in [2.05, 4.69) is 10.2 Å². The van der Waals surface area contributed by atoms with Gasteiger partial charge < -0.3 is 51.8 Å². The van der Waals surface area contributed by atoms with Crippen molar-refractivity contribution < 1.29 is 61.4 Å². The van der Waals surface area contributed by atoms with Crippen LogP contribution in [0.2, 0.25) is 0 Å². The maximum Gasteiger partial charge on any atom is 0.308 e. The van der Waals surface area contributed by atoms with Gasteiger partial charge in [-0.25, -0.2) is 0 Å². The lowest BCUT2D eigenvalue weighted by molar-refractivity contribution is -0.302. The number of aromatic nitrogens is 2. The molecule has 0 N–H and O–H groups in total. The molecule has 8 aromatic rings. The lowest BCUT2D eigenvalue weighted by atomic mass is 9.80. The average molecular weight is 1110 g/mol. The van der Waals surface area contributed by atoms with E-state index in [0.717, 1.165) is 44.5 Å². The Bertz CT molecular complexity index is 3190. The smallest absolute Gasteiger partial charge is 0.308 e. The first kappa shape index (κ1) is 57.4. The molecule has 0 radical (unpaired) electrons. The van der Waals surface area contributed by atoms with Crippen LogP contribution < -0.4 is 4.74 Å². The molecule has 1 aromatic heterocycles. The Labute approximate surface area is 478 Å². The number of hydrogen-bond donors (Lipinski definition) is 0. The summed E-state index contributed by atoms with van der Waals surface area (Å²) in [4.78, 5) is 26.4. The summed E-state index contributed by atoms with van der Waals surface area (Å²) in [6, 6.07) is 64.9. The highest BCUT2D eigenvalue weighted by Gasteiger charge is 2.54. The summed E-state index contributed by atoms with van der Waals surface area (Å²) < 4.78 is 73.5. The normalized spacial score (nSPS) is 22.5. The van der Waals surface area contributed by atoms with E-state index >= 15 is 0 Å². The first-order valence-corrected chi connectivity index (χ1v) is 27.7. The topological polar surface area (TPSA) is 165 Å². The molecule has 0 aliphatic carbocycles. The van der Waals surface area contributed by atoms with E-state index < -0.39 is 73.0 Å². The van der Waals surface area contributed by atoms with E-state index in [1.165, 1.54) is 14.0 Å². The van der Waals surface area contributed by atoms with Crippen molar-refractivity contribution in [1.82, 2.24) is 10.2 Å². The van der Waals surface area contributed by atoms with E-state index in [0.29, 0.717) is 17.5 Å². The molecule has 0 spiro atoms. The third-order valence-electron chi connectivity index (χ3n) is 14.6. The van der Waals surface area contributed by atoms with Gasteiger partial charge in [-0.15, -0.1) is 10.2 Å². The SMILES string of the molecule is COC(=O)C[C@H]1O[C@H](C[C@@H]2[C@H](OCc3ccccc3)[C@@H](Oc3ccc(-c4ccc(-c5nnc(C)o5)cc4)cc3)O[C@H](COC(C)=O)[C@H]2OCc2ccccc2)[C@@H](OCc2ccccc2)[C@H](OCc2ccccc2)[C@@H]1OCc1ccccc1. The zero-order valence-corrected chi connectivity index (χ0v) is 46.2. The molecule has 2 aliphatic rings. The Hall–Kier alpha value is -7.86. The summed E-state index contributed by atoms with van der Waals surface area (Å²) in [6.07, 6.45) is -7.80. The van der Waals surface area contributed by atoms with Crippen LogP contribution >= 0.6 is 0 Å². The van der Waals surface area contributed by atoms with Gasteiger partial charge in [-0.05, 0) is 69.6 Å². The molecule has 0 saturated carbocycles. The number of hydrogen-bond acceptors (Lipinski definition) is 15. The Morgan fingerprint density at radius 2 is 0.890 bits per heavy atom. The van der Waals surface area contributed by atoms with Gasteiger partial charge in [0.2, 0.25) is 18.1 Å². The molecule has 82 heavy (non-hydrogen) atoms. The summed E-state index contributed by atoms with van der Waals surface area (Å²) in [5.41, 5.74) is 7.32. The molecule has 10 rings (SSSR count). The Morgan fingerprint density at radius 1 is 0.463 bits per heavy atom. The van der Waals surface area contributed by atoms with Gasteiger partial charge in [0.15, 0.2) is 0 Å². The van der Waals surface area contributed by atoms with Gasteiger partial charge in [0.1, 0.15) is 42.9 Å². The summed E-state index contributed by atoms with van der Waals surface area (Å²) in [5, 5.41) is 8.14. The molecule has 0 unspecified atom stereocenters. The molecule has 15 heteroatoms. The Morgan fingerprint density at radius 3 is 1.34 bits per heavy atom. The minimum Gasteiger partial charge on any atom is -0.469 e. The second-order valence-electron chi connectivity index (χ2n) is 20.4. The minimum atomic E-state index is -1.10. The summed E-state index contributed by atoms with van der Waals surface area (Å²) >= 11 is 0. The van der Waals surface area contributed by atoms with Crippen LogP contribution in [-0.4, -0.2) is 91.0 Å². The molecular formula is C67H68N2O13. The van der Waals surface area contributed by atoms with Gasteiger partial charge in [0.05, 0.1) is 64.9 Å². The van der Waals surface area contributed by atoms with E-state index in [9.17, 15) is 9.59 Å². The highest BCUT2D eigenvalue weighted by atomic mass is 16.7. The molecule has 0 amide bonds. The van der Waals surface area contributed by atoms with Crippen molar-refractivity contribution in [2.24, 2.45) is 5.92 Å². The standard InChI is InChI=1S/C67H68N2O13/c1-45-68-69-66(79-45)54-31-29-52(30-32-54)53-33-35-55(36-34-53)80-67-62(75-40-48-21-11-5-12-22-48)56(61(59(82-67)44-73-46(2)70)74-39-47-19-9-4-10-20-47)37-57-63(76-41-49-23-13-6-14-24-49)65(78-43-51-27-17-8-18-28-51)64(58(81-57)38-60(71)72-3)77-42-50-25-15-7-16-26-50/h4-36,56-59,61-65,67H,37-44H2,1-3H3/t56-,57+,58+,59+,61-,62-,63+,64+,65-,67-/m0/s1. The largest absolute Gasteiger partial charge is 0.469 e. The molecule has 7 aromatic carbocycles. The van der Waals surface area contributed by atoms with Crippen LogP contribution in [0.4, 0.5) is 0 Å². The lowest BCUT2D eigenvalue weighted by Gasteiger charge is -2.50. The van der Waals surface area contributed by atoms with Gasteiger partial charge in [-0.2, -0.15) is 0 Å². The molecule has 2 fully saturated rings. The second kappa shape index (κ2) is 28.7. The Balaban J connectivity index is 1.05. The van der Waals surface area contributed by atoms with Crippen LogP contribution in [0.5, 0.6) is 5.75 Å². The van der Waals surface area contributed by atoms with Crippen molar-refractivity contribution in [3.05, 3.63) is 234 Å². The predicted molar refractivity (Wildman–Crippen MR) is 304 cm³/mol. The average Bonchev–Trinajstić information content (AvgIpc) is 4.00. The summed E-state index contributed by atoms with van der Waals surface area (Å²) in [6.45, 7) is 3.89. The highest BCUT2D eigenvalue weighted by molar-refractivity contribution is 5.70. The van der Waals surface area contributed by atoms with E-state index in [1.807, 2.05) is 200 Å². The van der Waals surface area contributed by atoms with Crippen LogP contribution in [0, 0.1) is 12.8 Å². The van der Waals surface area contributed by atoms with Crippen LogP contribution in [0.25, 0.3) is 22.6 Å². The molecule has 424 valence electrons. The molecule has 2 saturated heterocycles. The van der Waals surface area contributed by atoms with E-state index in [-0.39, 0.29) is 52.5 Å². The number of nitrogens with zero attached hydrogens (tertiary/aromatic N) is 2. The third kappa shape index (κ3) is 15.6. The molecule has 10 atom stereocenters. The van der Waals surface area contributed by atoms with Crippen molar-refractivity contribution >= 4 is 11.9 Å². The number of ether oxygens (including phenoxy) is 10. The van der Waals surface area contributed by atoms with Crippen molar-refractivity contribution in [3.63, 3.8) is 0 Å². The van der Waals surface area contributed by atoms with Gasteiger partial charge in [-0.1, -0.05) is 176 Å². The van der Waals surface area contributed by atoms with Crippen LogP contribution in [0.1, 0.15) is 53.5 Å². The zero-order valence-electron chi connectivity index (χ0n) is 46.2. The van der Waals surface area contributed by atoms with Crippen molar-refractivity contribution in [2.45, 2.75) is 115 Å². The van der Waals surface area contributed by atoms with Gasteiger partial charge in [0.25, 0.3) is 0 Å². The number of esters is 2. The maximum absolute atomic E-state index is 13.6. The number of methoxy groups -OCH3 is 1. The van der Waals surface area contributed by atoms with E-state index in [1.54, 1.807) is 6.92 Å². The monoisotopic (exact) mass is 1110 g/mol. The number of rotatable bonds is 25. The van der Waals surface area contributed by atoms with Gasteiger partial charge in [0, 0.05) is 25.3 Å². The lowest BCUT2D eigenvalue weighted by Crippen LogP contribution is -2.64. The maximum atomic E-state index is 13.6. The number of benzene rings is 7. The predicted octanol–water partition coefficient (Wildman–Crippen LogP) is 11.6. The number of aryl methyl sites for hydroxylation is 1. The molecule has 15 nitrogen and oxygen atoms in total. The number of carbonyl (C=O) groups excluding carboxylic acids is 2. The first-order valence-electron chi connectivity index (χ1n) is 27.7. The Kier molecular flexibility index (Phi) is 20.1. The third-order valence-corrected chi connectivity index (χ3v) is 14.6. The fraction of sp³-hybridized carbons (Fsp3) is 0.313. The second-order valence-corrected chi connectivity index (χ2v) is 20.4. The summed E-state index contributed by atoms with van der Waals surface area (Å²) in [5.74, 6) is -0.190. The van der Waals surface area contributed by atoms with Crippen LogP contribution in [0.15, 0.2) is 205 Å². The fourth-order valence-corrected chi connectivity index (χ4v) is 10.5. The van der Waals surface area contributed by atoms with Gasteiger partial charge in [-0.3, -0.25) is 9.59 Å². The first-order chi connectivity index (χ1) is 40.2. The molecule has 3 heterocycles. The van der Waals surface area contributed by atoms with Crippen LogP contribution in [-0.2, 0) is 85.3 Å². The number of carbonyl (C=O) groups is 2. The van der Waals surface area contributed by atoms with E-state index in [4.69, 9.17) is 51.8 Å². The molecular weight excluding hydrogens is 1040 g/mol. The van der Waals surface area contributed by atoms with Crippen molar-refractivity contribution in [3.8, 4) is 28.3 Å². The zero-order chi connectivity index (χ0) is 56.5. The quantitative estimate of drug-likeness (QED) is 0.0496.